The van der Waals surface area contributed by atoms with E-state index in [0.29, 0.717) is 48.8 Å². The van der Waals surface area contributed by atoms with E-state index in [1.807, 2.05) is 6.07 Å². The second kappa shape index (κ2) is 9.20. The van der Waals surface area contributed by atoms with Crippen molar-refractivity contribution in [2.75, 3.05) is 47.0 Å². The van der Waals surface area contributed by atoms with Crippen LogP contribution in [-0.2, 0) is 17.4 Å². The van der Waals surface area contributed by atoms with Crippen LogP contribution in [0.2, 0.25) is 0 Å². The van der Waals surface area contributed by atoms with Gasteiger partial charge in [-0.25, -0.2) is 9.97 Å². The molecule has 2 aliphatic rings. The first-order chi connectivity index (χ1) is 16.8. The molecule has 5 rings (SSSR count). The Balaban J connectivity index is 1.44. The number of hydrogen-bond donors (Lipinski definition) is 2. The molecular formula is C24H26F3N7O. The van der Waals surface area contributed by atoms with E-state index < -0.39 is 11.7 Å². The molecule has 2 aromatic heterocycles. The third-order valence-electron chi connectivity index (χ3n) is 6.35. The molecule has 0 aliphatic carbocycles. The Hall–Kier alpha value is -3.63. The zero-order valence-corrected chi connectivity index (χ0v) is 19.1. The molecule has 4 heterocycles. The van der Waals surface area contributed by atoms with Gasteiger partial charge in [0.05, 0.1) is 17.3 Å². The molecule has 0 unspecified atom stereocenters. The molecular weight excluding hydrogens is 459 g/mol. The Labute approximate surface area is 200 Å². The number of benzene rings is 1. The van der Waals surface area contributed by atoms with Gasteiger partial charge in [0.15, 0.2) is 0 Å². The van der Waals surface area contributed by atoms with Crippen molar-refractivity contribution in [3.8, 4) is 0 Å². The Morgan fingerprint density at radius 1 is 1.03 bits per heavy atom. The maximum atomic E-state index is 13.2. The highest BCUT2D eigenvalue weighted by atomic mass is 19.4. The molecule has 8 nitrogen and oxygen atoms in total. The third-order valence-corrected chi connectivity index (χ3v) is 6.35. The Bertz CT molecular complexity index is 1260. The van der Waals surface area contributed by atoms with Crippen molar-refractivity contribution in [3.63, 3.8) is 0 Å². The number of halogens is 3. The molecule has 0 bridgehead atoms. The predicted octanol–water partition coefficient (Wildman–Crippen LogP) is 4.01. The molecule has 0 radical (unpaired) electrons. The van der Waals surface area contributed by atoms with E-state index in [2.05, 4.69) is 25.2 Å². The zero-order chi connectivity index (χ0) is 24.6. The number of alkyl halides is 3. The summed E-state index contributed by atoms with van der Waals surface area (Å²) in [6.07, 6.45) is 0.944. The van der Waals surface area contributed by atoms with Crippen molar-refractivity contribution in [1.29, 1.82) is 0 Å². The SMILES string of the molecule is Nc1cc(CCNc2nc(N3CCCC3=O)nc3cnc(N4CCCC4)cc23)cc(C(F)(F)F)c1. The van der Waals surface area contributed by atoms with E-state index >= 15 is 0 Å². The topological polar surface area (TPSA) is 100 Å². The summed E-state index contributed by atoms with van der Waals surface area (Å²) in [5.41, 5.74) is 6.07. The molecule has 11 heteroatoms. The molecule has 1 amide bonds. The highest BCUT2D eigenvalue weighted by molar-refractivity contribution is 5.97. The van der Waals surface area contributed by atoms with Crippen LogP contribution in [0.3, 0.4) is 0 Å². The molecule has 0 atom stereocenters. The van der Waals surface area contributed by atoms with Crippen LogP contribution in [0.5, 0.6) is 0 Å². The van der Waals surface area contributed by atoms with Crippen LogP contribution in [0.4, 0.5) is 36.4 Å². The summed E-state index contributed by atoms with van der Waals surface area (Å²) in [6, 6.07) is 5.51. The van der Waals surface area contributed by atoms with Gasteiger partial charge in [-0.15, -0.1) is 0 Å². The van der Waals surface area contributed by atoms with Crippen LogP contribution < -0.4 is 20.9 Å². The summed E-state index contributed by atoms with van der Waals surface area (Å²) in [6.45, 7) is 2.73. The highest BCUT2D eigenvalue weighted by Gasteiger charge is 2.31. The second-order valence-electron chi connectivity index (χ2n) is 8.91. The van der Waals surface area contributed by atoms with Crippen molar-refractivity contribution in [1.82, 2.24) is 15.0 Å². The lowest BCUT2D eigenvalue weighted by Crippen LogP contribution is -2.26. The van der Waals surface area contributed by atoms with Crippen LogP contribution in [0.25, 0.3) is 10.9 Å². The predicted molar refractivity (Wildman–Crippen MR) is 128 cm³/mol. The molecule has 184 valence electrons. The molecule has 2 aliphatic heterocycles. The van der Waals surface area contributed by atoms with Gasteiger partial charge in [0.1, 0.15) is 11.6 Å². The number of amides is 1. The fraction of sp³-hybridized carbons (Fsp3) is 0.417. The number of anilines is 4. The number of hydrogen-bond acceptors (Lipinski definition) is 7. The van der Waals surface area contributed by atoms with Gasteiger partial charge in [-0.3, -0.25) is 9.69 Å². The molecule has 0 spiro atoms. The van der Waals surface area contributed by atoms with Gasteiger partial charge in [-0.2, -0.15) is 18.2 Å². The van der Waals surface area contributed by atoms with E-state index in [1.54, 1.807) is 17.2 Å². The largest absolute Gasteiger partial charge is 0.416 e. The van der Waals surface area contributed by atoms with Gasteiger partial charge in [-0.1, -0.05) is 0 Å². The fourth-order valence-electron chi connectivity index (χ4n) is 4.59. The number of carbonyl (C=O) groups is 1. The molecule has 2 fully saturated rings. The van der Waals surface area contributed by atoms with E-state index in [-0.39, 0.29) is 11.6 Å². The summed E-state index contributed by atoms with van der Waals surface area (Å²) in [5.74, 6) is 1.63. The number of nitrogens with two attached hydrogens (primary N) is 1. The number of carbonyl (C=O) groups excluding carboxylic acids is 1. The monoisotopic (exact) mass is 485 g/mol. The zero-order valence-electron chi connectivity index (χ0n) is 19.1. The summed E-state index contributed by atoms with van der Waals surface area (Å²) < 4.78 is 39.5. The van der Waals surface area contributed by atoms with Crippen LogP contribution in [0.15, 0.2) is 30.5 Å². The van der Waals surface area contributed by atoms with Crippen molar-refractivity contribution < 1.29 is 18.0 Å². The summed E-state index contributed by atoms with van der Waals surface area (Å²) in [4.78, 5) is 29.8. The molecule has 1 aromatic carbocycles. The van der Waals surface area contributed by atoms with Gasteiger partial charge in [-0.05, 0) is 55.5 Å². The average Bonchev–Trinajstić information content (AvgIpc) is 3.50. The maximum absolute atomic E-state index is 13.2. The molecule has 35 heavy (non-hydrogen) atoms. The lowest BCUT2D eigenvalue weighted by molar-refractivity contribution is -0.137. The summed E-state index contributed by atoms with van der Waals surface area (Å²) in [5, 5.41) is 4.00. The standard InChI is InChI=1S/C24H26F3N7O/c25-24(26,27)16-10-15(11-17(28)12-16)5-6-29-22-18-13-20(33-7-1-2-8-33)30-14-19(18)31-23(32-22)34-9-3-4-21(34)35/h10-14H,1-9,28H2,(H,29,31,32). The maximum Gasteiger partial charge on any atom is 0.416 e. The Morgan fingerprint density at radius 2 is 1.83 bits per heavy atom. The molecule has 0 saturated carbocycles. The minimum Gasteiger partial charge on any atom is -0.399 e. The van der Waals surface area contributed by atoms with Gasteiger partial charge in [0.2, 0.25) is 11.9 Å². The highest BCUT2D eigenvalue weighted by Crippen LogP contribution is 2.32. The van der Waals surface area contributed by atoms with Crippen molar-refractivity contribution in [3.05, 3.63) is 41.6 Å². The Morgan fingerprint density at radius 3 is 2.54 bits per heavy atom. The van der Waals surface area contributed by atoms with Crippen LogP contribution in [0.1, 0.15) is 36.8 Å². The first-order valence-electron chi connectivity index (χ1n) is 11.7. The van der Waals surface area contributed by atoms with Crippen LogP contribution >= 0.6 is 0 Å². The number of aromatic nitrogens is 3. The normalized spacial score (nSPS) is 16.5. The van der Waals surface area contributed by atoms with Gasteiger partial charge >= 0.3 is 6.18 Å². The lowest BCUT2D eigenvalue weighted by Gasteiger charge is -2.19. The first-order valence-corrected chi connectivity index (χ1v) is 11.7. The van der Waals surface area contributed by atoms with E-state index in [0.717, 1.165) is 55.7 Å². The van der Waals surface area contributed by atoms with E-state index in [9.17, 15) is 18.0 Å². The average molecular weight is 486 g/mol. The first kappa shape index (κ1) is 23.1. The van der Waals surface area contributed by atoms with E-state index in [1.165, 1.54) is 0 Å². The number of pyridine rings is 1. The van der Waals surface area contributed by atoms with Crippen molar-refractivity contribution in [2.24, 2.45) is 0 Å². The lowest BCUT2D eigenvalue weighted by atomic mass is 10.1. The molecule has 2 saturated heterocycles. The number of nitrogen functional groups attached to an aromatic ring is 1. The second-order valence-corrected chi connectivity index (χ2v) is 8.91. The third kappa shape index (κ3) is 4.94. The van der Waals surface area contributed by atoms with Gasteiger partial charge in [0, 0.05) is 43.7 Å². The quantitative estimate of drug-likeness (QED) is 0.509. The number of nitrogens with one attached hydrogen (secondary N) is 1. The van der Waals surface area contributed by atoms with Crippen molar-refractivity contribution in [2.45, 2.75) is 38.3 Å². The van der Waals surface area contributed by atoms with Crippen LogP contribution in [0, 0.1) is 0 Å². The fourth-order valence-corrected chi connectivity index (χ4v) is 4.59. The number of nitrogens with zero attached hydrogens (tertiary/aromatic N) is 5. The molecule has 3 N–H and O–H groups in total. The van der Waals surface area contributed by atoms with Crippen molar-refractivity contribution >= 4 is 40.1 Å². The minimum absolute atomic E-state index is 0.0311. The minimum atomic E-state index is -4.46. The van der Waals surface area contributed by atoms with Crippen LogP contribution in [-0.4, -0.2) is 47.0 Å². The molecule has 3 aromatic rings. The summed E-state index contributed by atoms with van der Waals surface area (Å²) >= 11 is 0. The smallest absolute Gasteiger partial charge is 0.399 e. The van der Waals surface area contributed by atoms with Gasteiger partial charge in [0.25, 0.3) is 0 Å². The number of fused-ring (bicyclic) bond motifs is 1. The number of rotatable bonds is 6. The summed E-state index contributed by atoms with van der Waals surface area (Å²) in [7, 11) is 0. The van der Waals surface area contributed by atoms with E-state index in [4.69, 9.17) is 5.73 Å². The van der Waals surface area contributed by atoms with Gasteiger partial charge < -0.3 is 16.0 Å². The Kier molecular flexibility index (Phi) is 6.08.